The van der Waals surface area contributed by atoms with E-state index in [-0.39, 0.29) is 10.9 Å². The summed E-state index contributed by atoms with van der Waals surface area (Å²) in [4.78, 5) is 0.112. The van der Waals surface area contributed by atoms with Crippen LogP contribution in [-0.4, -0.2) is 32.4 Å². The molecular formula is C12H20N2O3S. The van der Waals surface area contributed by atoms with Crippen molar-refractivity contribution in [1.82, 2.24) is 4.31 Å². The Labute approximate surface area is 109 Å². The van der Waals surface area contributed by atoms with E-state index in [1.165, 1.54) is 10.4 Å². The molecule has 0 aromatic heterocycles. The number of nitrogen functional groups attached to an aromatic ring is 1. The molecule has 0 saturated carbocycles. The monoisotopic (exact) mass is 272 g/mol. The zero-order valence-electron chi connectivity index (χ0n) is 11.2. The first-order chi connectivity index (χ1) is 8.30. The summed E-state index contributed by atoms with van der Waals surface area (Å²) in [5, 5.41) is 0. The lowest BCUT2D eigenvalue weighted by Gasteiger charge is -2.22. The lowest BCUT2D eigenvalue weighted by Crippen LogP contribution is -2.33. The molecule has 0 fully saturated rings. The Hall–Kier alpha value is -1.27. The Morgan fingerprint density at radius 3 is 2.50 bits per heavy atom. The van der Waals surface area contributed by atoms with Gasteiger partial charge in [0.05, 0.1) is 6.61 Å². The van der Waals surface area contributed by atoms with Crippen molar-refractivity contribution in [3.8, 4) is 5.75 Å². The van der Waals surface area contributed by atoms with E-state index in [4.69, 9.17) is 10.5 Å². The van der Waals surface area contributed by atoms with E-state index in [1.54, 1.807) is 26.1 Å². The van der Waals surface area contributed by atoms with Gasteiger partial charge >= 0.3 is 0 Å². The minimum Gasteiger partial charge on any atom is -0.492 e. The van der Waals surface area contributed by atoms with Crippen LogP contribution in [-0.2, 0) is 10.0 Å². The minimum atomic E-state index is -3.59. The van der Waals surface area contributed by atoms with Gasteiger partial charge < -0.3 is 10.5 Å². The van der Waals surface area contributed by atoms with E-state index < -0.39 is 10.0 Å². The number of hydrogen-bond acceptors (Lipinski definition) is 4. The topological polar surface area (TPSA) is 72.6 Å². The largest absolute Gasteiger partial charge is 0.492 e. The van der Waals surface area contributed by atoms with Crippen molar-refractivity contribution in [2.24, 2.45) is 0 Å². The Morgan fingerprint density at radius 2 is 2.00 bits per heavy atom. The van der Waals surface area contributed by atoms with Crippen LogP contribution in [0.1, 0.15) is 20.8 Å². The SMILES string of the molecule is CCOc1ccc(N)cc1S(=O)(=O)N(C)C(C)C. The molecule has 0 spiro atoms. The summed E-state index contributed by atoms with van der Waals surface area (Å²) in [7, 11) is -2.04. The van der Waals surface area contributed by atoms with Crippen LogP contribution in [0.5, 0.6) is 5.75 Å². The molecule has 0 saturated heterocycles. The Morgan fingerprint density at radius 1 is 1.39 bits per heavy atom. The summed E-state index contributed by atoms with van der Waals surface area (Å²) >= 11 is 0. The zero-order valence-corrected chi connectivity index (χ0v) is 12.0. The Kier molecular flexibility index (Phi) is 4.59. The van der Waals surface area contributed by atoms with Gasteiger partial charge in [0.1, 0.15) is 10.6 Å². The molecule has 1 aromatic rings. The van der Waals surface area contributed by atoms with Crippen LogP contribution in [0.25, 0.3) is 0 Å². The molecule has 18 heavy (non-hydrogen) atoms. The van der Waals surface area contributed by atoms with Gasteiger partial charge in [0.25, 0.3) is 0 Å². The van der Waals surface area contributed by atoms with E-state index in [9.17, 15) is 8.42 Å². The van der Waals surface area contributed by atoms with E-state index in [0.717, 1.165) is 0 Å². The van der Waals surface area contributed by atoms with Crippen LogP contribution in [0.2, 0.25) is 0 Å². The molecule has 1 rings (SSSR count). The normalized spacial score (nSPS) is 12.1. The van der Waals surface area contributed by atoms with Gasteiger partial charge in [-0.2, -0.15) is 4.31 Å². The van der Waals surface area contributed by atoms with E-state index >= 15 is 0 Å². The smallest absolute Gasteiger partial charge is 0.246 e. The molecule has 0 aliphatic carbocycles. The average molecular weight is 272 g/mol. The fourth-order valence-corrected chi connectivity index (χ4v) is 2.97. The fourth-order valence-electron chi connectivity index (χ4n) is 1.43. The van der Waals surface area contributed by atoms with Crippen molar-refractivity contribution in [2.45, 2.75) is 31.7 Å². The first-order valence-electron chi connectivity index (χ1n) is 5.81. The maximum Gasteiger partial charge on any atom is 0.246 e. The molecule has 0 unspecified atom stereocenters. The molecular weight excluding hydrogens is 252 g/mol. The molecule has 0 atom stereocenters. The van der Waals surface area contributed by atoms with Gasteiger partial charge in [-0.05, 0) is 39.0 Å². The Balaban J connectivity index is 3.34. The average Bonchev–Trinajstić information content (AvgIpc) is 2.30. The van der Waals surface area contributed by atoms with Gasteiger partial charge in [0.15, 0.2) is 0 Å². The molecule has 0 aliphatic rings. The summed E-state index contributed by atoms with van der Waals surface area (Å²) in [6.07, 6.45) is 0. The number of rotatable bonds is 5. The minimum absolute atomic E-state index is 0.112. The third-order valence-corrected chi connectivity index (χ3v) is 4.71. The number of hydrogen-bond donors (Lipinski definition) is 1. The second kappa shape index (κ2) is 5.58. The van der Waals surface area contributed by atoms with Crippen molar-refractivity contribution in [2.75, 3.05) is 19.4 Å². The van der Waals surface area contributed by atoms with Crippen LogP contribution in [0.15, 0.2) is 23.1 Å². The van der Waals surface area contributed by atoms with Crippen molar-refractivity contribution < 1.29 is 13.2 Å². The Bertz CT molecular complexity index is 512. The van der Waals surface area contributed by atoms with E-state index in [0.29, 0.717) is 18.0 Å². The summed E-state index contributed by atoms with van der Waals surface area (Å²) in [6, 6.07) is 4.50. The predicted molar refractivity (Wildman–Crippen MR) is 72.1 cm³/mol. The first-order valence-corrected chi connectivity index (χ1v) is 7.25. The van der Waals surface area contributed by atoms with Gasteiger partial charge in [-0.3, -0.25) is 0 Å². The van der Waals surface area contributed by atoms with Crippen molar-refractivity contribution in [3.63, 3.8) is 0 Å². The molecule has 102 valence electrons. The fraction of sp³-hybridized carbons (Fsp3) is 0.500. The number of anilines is 1. The molecule has 1 aromatic carbocycles. The van der Waals surface area contributed by atoms with Crippen LogP contribution < -0.4 is 10.5 Å². The number of sulfonamides is 1. The summed E-state index contributed by atoms with van der Waals surface area (Å²) in [5.41, 5.74) is 6.06. The predicted octanol–water partition coefficient (Wildman–Crippen LogP) is 1.70. The molecule has 0 radical (unpaired) electrons. The lowest BCUT2D eigenvalue weighted by molar-refractivity contribution is 0.328. The highest BCUT2D eigenvalue weighted by atomic mass is 32.2. The number of nitrogens with zero attached hydrogens (tertiary/aromatic N) is 1. The second-order valence-corrected chi connectivity index (χ2v) is 6.22. The maximum atomic E-state index is 12.4. The third kappa shape index (κ3) is 2.94. The molecule has 0 heterocycles. The molecule has 0 bridgehead atoms. The maximum absolute atomic E-state index is 12.4. The summed E-state index contributed by atoms with van der Waals surface area (Å²) < 4.78 is 31.5. The van der Waals surface area contributed by atoms with Crippen LogP contribution in [0.4, 0.5) is 5.69 Å². The van der Waals surface area contributed by atoms with Gasteiger partial charge in [-0.25, -0.2) is 8.42 Å². The van der Waals surface area contributed by atoms with Crippen molar-refractivity contribution >= 4 is 15.7 Å². The van der Waals surface area contributed by atoms with E-state index in [1.807, 2.05) is 13.8 Å². The highest BCUT2D eigenvalue weighted by Crippen LogP contribution is 2.29. The van der Waals surface area contributed by atoms with Crippen LogP contribution in [0, 0.1) is 0 Å². The highest BCUT2D eigenvalue weighted by molar-refractivity contribution is 7.89. The van der Waals surface area contributed by atoms with Crippen molar-refractivity contribution in [1.29, 1.82) is 0 Å². The molecule has 0 amide bonds. The number of ether oxygens (including phenoxy) is 1. The number of benzene rings is 1. The highest BCUT2D eigenvalue weighted by Gasteiger charge is 2.26. The second-order valence-electron chi connectivity index (χ2n) is 4.25. The summed E-state index contributed by atoms with van der Waals surface area (Å²) in [6.45, 7) is 5.82. The quantitative estimate of drug-likeness (QED) is 0.828. The van der Waals surface area contributed by atoms with Gasteiger partial charge in [-0.1, -0.05) is 0 Å². The summed E-state index contributed by atoms with van der Waals surface area (Å²) in [5.74, 6) is 0.333. The van der Waals surface area contributed by atoms with Crippen molar-refractivity contribution in [3.05, 3.63) is 18.2 Å². The number of nitrogens with two attached hydrogens (primary N) is 1. The standard InChI is InChI=1S/C12H20N2O3S/c1-5-17-11-7-6-10(13)8-12(11)18(15,16)14(4)9(2)3/h6-9H,5,13H2,1-4H3. The van der Waals surface area contributed by atoms with E-state index in [2.05, 4.69) is 0 Å². The van der Waals surface area contributed by atoms with Gasteiger partial charge in [0, 0.05) is 18.8 Å². The van der Waals surface area contributed by atoms with Crippen LogP contribution >= 0.6 is 0 Å². The molecule has 6 heteroatoms. The van der Waals surface area contributed by atoms with Gasteiger partial charge in [0.2, 0.25) is 10.0 Å². The van der Waals surface area contributed by atoms with Gasteiger partial charge in [-0.15, -0.1) is 0 Å². The van der Waals surface area contributed by atoms with Crippen LogP contribution in [0.3, 0.4) is 0 Å². The third-order valence-electron chi connectivity index (χ3n) is 2.65. The first kappa shape index (κ1) is 14.8. The molecule has 5 nitrogen and oxygen atoms in total. The molecule has 0 aliphatic heterocycles. The lowest BCUT2D eigenvalue weighted by atomic mass is 10.3. The zero-order chi connectivity index (χ0) is 13.9. The molecule has 2 N–H and O–H groups in total.